The SMILES string of the molecule is O=C(NC1(c2ccccc2)CCC[C@H](Nc2cc(C(F)(F)F)nc3ccc(Cl)cc23)C1)C1CCc2nc[nH]c2C1. The van der Waals surface area contributed by atoms with Crippen LogP contribution in [0.2, 0.25) is 5.02 Å². The van der Waals surface area contributed by atoms with Crippen LogP contribution in [0.1, 0.15) is 54.7 Å². The fraction of sp³-hybridized carbons (Fsp3) is 0.367. The molecule has 2 aromatic heterocycles. The van der Waals surface area contributed by atoms with Crippen molar-refractivity contribution in [2.24, 2.45) is 5.92 Å². The number of nitrogens with zero attached hydrogens (tertiary/aromatic N) is 2. The van der Waals surface area contributed by atoms with Gasteiger partial charge in [-0.05, 0) is 68.4 Å². The Kier molecular flexibility index (Phi) is 6.94. The molecule has 3 atom stereocenters. The van der Waals surface area contributed by atoms with Gasteiger partial charge in [0.25, 0.3) is 0 Å². The normalized spacial score (nSPS) is 23.0. The molecule has 2 aliphatic carbocycles. The zero-order valence-corrected chi connectivity index (χ0v) is 22.4. The van der Waals surface area contributed by atoms with Crippen molar-refractivity contribution in [3.05, 3.63) is 88.6 Å². The van der Waals surface area contributed by atoms with E-state index in [4.69, 9.17) is 11.6 Å². The average molecular weight is 568 g/mol. The highest BCUT2D eigenvalue weighted by atomic mass is 35.5. The van der Waals surface area contributed by atoms with Crippen LogP contribution in [0.15, 0.2) is 60.9 Å². The molecule has 1 amide bonds. The summed E-state index contributed by atoms with van der Waals surface area (Å²) in [6, 6.07) is 15.4. The van der Waals surface area contributed by atoms with E-state index in [-0.39, 0.29) is 23.4 Å². The fourth-order valence-corrected chi connectivity index (χ4v) is 6.42. The molecular weight excluding hydrogens is 539 g/mol. The van der Waals surface area contributed by atoms with E-state index in [1.807, 2.05) is 30.3 Å². The number of fused-ring (bicyclic) bond motifs is 2. The van der Waals surface area contributed by atoms with Gasteiger partial charge in [-0.2, -0.15) is 13.2 Å². The maximum atomic E-state index is 13.7. The number of aryl methyl sites for hydroxylation is 1. The molecular formula is C30H29ClF3N5O. The first-order chi connectivity index (χ1) is 19.2. The molecule has 6 rings (SSSR count). The number of alkyl halides is 3. The summed E-state index contributed by atoms with van der Waals surface area (Å²) >= 11 is 6.21. The van der Waals surface area contributed by atoms with Gasteiger partial charge in [-0.25, -0.2) is 9.97 Å². The quantitative estimate of drug-likeness (QED) is 0.248. The molecule has 0 saturated heterocycles. The highest BCUT2D eigenvalue weighted by Gasteiger charge is 2.41. The summed E-state index contributed by atoms with van der Waals surface area (Å²) in [7, 11) is 0. The Morgan fingerprint density at radius 1 is 1.10 bits per heavy atom. The molecule has 3 N–H and O–H groups in total. The Hall–Kier alpha value is -3.59. The number of amides is 1. The minimum absolute atomic E-state index is 0.00902. The first-order valence-electron chi connectivity index (χ1n) is 13.5. The Balaban J connectivity index is 1.31. The number of aromatic nitrogens is 3. The van der Waals surface area contributed by atoms with E-state index in [2.05, 4.69) is 25.6 Å². The molecule has 208 valence electrons. The Bertz CT molecular complexity index is 1540. The lowest BCUT2D eigenvalue weighted by molar-refractivity contribution is -0.141. The van der Waals surface area contributed by atoms with E-state index in [0.29, 0.717) is 28.9 Å². The van der Waals surface area contributed by atoms with Gasteiger partial charge in [0.05, 0.1) is 23.1 Å². The molecule has 0 bridgehead atoms. The number of carbonyl (C=O) groups excluding carboxylic acids is 1. The second-order valence-electron chi connectivity index (χ2n) is 10.9. The van der Waals surface area contributed by atoms with Crippen molar-refractivity contribution in [1.29, 1.82) is 0 Å². The standard InChI is InChI=1S/C30H29ClF3N5O/c31-20-9-11-23-22(14-20)25(15-27(38-23)30(32,33)34)37-21-7-4-12-29(16-21,19-5-2-1-3-6-19)39-28(40)18-8-10-24-26(13-18)36-17-35-24/h1-3,5-6,9,11,14-15,17-18,21H,4,7-8,10,12-13,16H2,(H,35,36)(H,37,38)(H,39,40)/t18?,21-,29?/m0/s1. The van der Waals surface area contributed by atoms with E-state index < -0.39 is 17.4 Å². The summed E-state index contributed by atoms with van der Waals surface area (Å²) in [5.41, 5.74) is 1.95. The van der Waals surface area contributed by atoms with E-state index in [1.165, 1.54) is 12.1 Å². The summed E-state index contributed by atoms with van der Waals surface area (Å²) in [6.45, 7) is 0. The summed E-state index contributed by atoms with van der Waals surface area (Å²) < 4.78 is 41.2. The van der Waals surface area contributed by atoms with Gasteiger partial charge < -0.3 is 15.6 Å². The molecule has 40 heavy (non-hydrogen) atoms. The van der Waals surface area contributed by atoms with E-state index in [1.54, 1.807) is 12.4 Å². The van der Waals surface area contributed by atoms with Crippen molar-refractivity contribution in [3.63, 3.8) is 0 Å². The van der Waals surface area contributed by atoms with Gasteiger partial charge in [-0.15, -0.1) is 0 Å². The maximum Gasteiger partial charge on any atom is 0.433 e. The molecule has 2 unspecified atom stereocenters. The molecule has 0 spiro atoms. The van der Waals surface area contributed by atoms with Crippen LogP contribution in [0.25, 0.3) is 10.9 Å². The van der Waals surface area contributed by atoms with E-state index in [9.17, 15) is 18.0 Å². The lowest BCUT2D eigenvalue weighted by Crippen LogP contribution is -2.53. The number of benzene rings is 2. The van der Waals surface area contributed by atoms with Crippen LogP contribution in [0.5, 0.6) is 0 Å². The van der Waals surface area contributed by atoms with Crippen LogP contribution in [0, 0.1) is 5.92 Å². The second kappa shape index (κ2) is 10.4. The first kappa shape index (κ1) is 26.6. The van der Waals surface area contributed by atoms with Crippen molar-refractivity contribution in [2.45, 2.75) is 62.7 Å². The largest absolute Gasteiger partial charge is 0.433 e. The van der Waals surface area contributed by atoms with Crippen LogP contribution >= 0.6 is 11.6 Å². The van der Waals surface area contributed by atoms with Crippen molar-refractivity contribution in [2.75, 3.05) is 5.32 Å². The zero-order chi connectivity index (χ0) is 27.9. The second-order valence-corrected chi connectivity index (χ2v) is 11.3. The molecule has 4 aromatic rings. The smallest absolute Gasteiger partial charge is 0.382 e. The van der Waals surface area contributed by atoms with Crippen molar-refractivity contribution in [3.8, 4) is 0 Å². The number of hydrogen-bond donors (Lipinski definition) is 3. The van der Waals surface area contributed by atoms with Crippen molar-refractivity contribution >= 4 is 34.1 Å². The van der Waals surface area contributed by atoms with Gasteiger partial charge in [-0.3, -0.25) is 4.79 Å². The molecule has 2 heterocycles. The molecule has 1 saturated carbocycles. The van der Waals surface area contributed by atoms with Gasteiger partial charge in [-0.1, -0.05) is 41.9 Å². The number of imidazole rings is 1. The highest BCUT2D eigenvalue weighted by molar-refractivity contribution is 6.31. The lowest BCUT2D eigenvalue weighted by atomic mass is 9.73. The zero-order valence-electron chi connectivity index (χ0n) is 21.7. The van der Waals surface area contributed by atoms with Gasteiger partial charge in [0.2, 0.25) is 5.91 Å². The third-order valence-corrected chi connectivity index (χ3v) is 8.45. The number of nitrogens with one attached hydrogen (secondary N) is 3. The van der Waals surface area contributed by atoms with Crippen LogP contribution in [0.4, 0.5) is 18.9 Å². The molecule has 1 fully saturated rings. The number of anilines is 1. The van der Waals surface area contributed by atoms with E-state index in [0.717, 1.165) is 55.1 Å². The Morgan fingerprint density at radius 3 is 2.73 bits per heavy atom. The van der Waals surface area contributed by atoms with Gasteiger partial charge in [0.1, 0.15) is 5.69 Å². The minimum atomic E-state index is -4.59. The first-order valence-corrected chi connectivity index (χ1v) is 13.9. The third-order valence-electron chi connectivity index (χ3n) is 8.22. The van der Waals surface area contributed by atoms with Gasteiger partial charge >= 0.3 is 6.18 Å². The molecule has 10 heteroatoms. The van der Waals surface area contributed by atoms with Crippen LogP contribution < -0.4 is 10.6 Å². The van der Waals surface area contributed by atoms with Crippen LogP contribution in [0.3, 0.4) is 0 Å². The van der Waals surface area contributed by atoms with Crippen molar-refractivity contribution in [1.82, 2.24) is 20.3 Å². The number of carbonyl (C=O) groups is 1. The number of halogens is 4. The topological polar surface area (TPSA) is 82.7 Å². The number of hydrogen-bond acceptors (Lipinski definition) is 4. The maximum absolute atomic E-state index is 13.7. The summed E-state index contributed by atoms with van der Waals surface area (Å²) in [5.74, 6) is -0.187. The van der Waals surface area contributed by atoms with Crippen LogP contribution in [-0.4, -0.2) is 26.9 Å². The summed E-state index contributed by atoms with van der Waals surface area (Å²) in [4.78, 5) is 25.0. The van der Waals surface area contributed by atoms with Crippen molar-refractivity contribution < 1.29 is 18.0 Å². The number of pyridine rings is 1. The van der Waals surface area contributed by atoms with Crippen LogP contribution in [-0.2, 0) is 29.4 Å². The Labute approximate surface area is 234 Å². The number of H-pyrrole nitrogens is 1. The van der Waals surface area contributed by atoms with E-state index >= 15 is 0 Å². The fourth-order valence-electron chi connectivity index (χ4n) is 6.25. The average Bonchev–Trinajstić information content (AvgIpc) is 3.41. The number of aromatic amines is 1. The predicted octanol–water partition coefficient (Wildman–Crippen LogP) is 6.80. The summed E-state index contributed by atoms with van der Waals surface area (Å²) in [6.07, 6.45) is 1.96. The Morgan fingerprint density at radius 2 is 1.93 bits per heavy atom. The molecule has 2 aliphatic rings. The number of rotatable bonds is 5. The molecule has 0 radical (unpaired) electrons. The molecule has 6 nitrogen and oxygen atoms in total. The van der Waals surface area contributed by atoms with Gasteiger partial charge in [0.15, 0.2) is 0 Å². The highest BCUT2D eigenvalue weighted by Crippen LogP contribution is 2.41. The van der Waals surface area contributed by atoms with Gasteiger partial charge in [0, 0.05) is 40.2 Å². The molecule has 2 aromatic carbocycles. The predicted molar refractivity (Wildman–Crippen MR) is 148 cm³/mol. The molecule has 0 aliphatic heterocycles. The monoisotopic (exact) mass is 567 g/mol. The lowest BCUT2D eigenvalue weighted by Gasteiger charge is -2.43. The minimum Gasteiger partial charge on any atom is -0.382 e. The summed E-state index contributed by atoms with van der Waals surface area (Å²) in [5, 5.41) is 7.74. The third kappa shape index (κ3) is 5.27.